The molecule has 1 amide bonds. The SMILES string of the molecule is CC(Sc1nc2ccccc2c(=O)n1CCCO)C(=O)Nc1cccc(Br)c1. The zero-order valence-electron chi connectivity index (χ0n) is 15.3. The fourth-order valence-corrected chi connectivity index (χ4v) is 4.02. The molecule has 0 radical (unpaired) electrons. The van der Waals surface area contributed by atoms with Crippen molar-refractivity contribution >= 4 is 50.2 Å². The molecule has 0 aliphatic carbocycles. The molecular formula is C20H20BrN3O3S. The fraction of sp³-hybridized carbons (Fsp3) is 0.250. The van der Waals surface area contributed by atoms with Crippen LogP contribution in [0.3, 0.4) is 0 Å². The Morgan fingerprint density at radius 1 is 1.29 bits per heavy atom. The van der Waals surface area contributed by atoms with E-state index in [1.807, 2.05) is 30.3 Å². The Bertz CT molecular complexity index is 1050. The summed E-state index contributed by atoms with van der Waals surface area (Å²) in [5, 5.41) is 12.6. The van der Waals surface area contributed by atoms with Gasteiger partial charge in [0, 0.05) is 23.3 Å². The molecule has 1 heterocycles. The van der Waals surface area contributed by atoms with Crippen LogP contribution in [-0.2, 0) is 11.3 Å². The van der Waals surface area contributed by atoms with E-state index >= 15 is 0 Å². The number of aromatic nitrogens is 2. The highest BCUT2D eigenvalue weighted by Crippen LogP contribution is 2.24. The summed E-state index contributed by atoms with van der Waals surface area (Å²) in [4.78, 5) is 30.0. The molecule has 0 spiro atoms. The van der Waals surface area contributed by atoms with Crippen molar-refractivity contribution in [2.75, 3.05) is 11.9 Å². The lowest BCUT2D eigenvalue weighted by molar-refractivity contribution is -0.115. The van der Waals surface area contributed by atoms with Crippen molar-refractivity contribution in [2.45, 2.75) is 30.3 Å². The number of rotatable bonds is 7. The van der Waals surface area contributed by atoms with Crippen molar-refractivity contribution in [2.24, 2.45) is 0 Å². The quantitative estimate of drug-likeness (QED) is 0.414. The Labute approximate surface area is 175 Å². The van der Waals surface area contributed by atoms with E-state index < -0.39 is 5.25 Å². The third-order valence-corrected chi connectivity index (χ3v) is 5.69. The lowest BCUT2D eigenvalue weighted by atomic mass is 10.2. The van der Waals surface area contributed by atoms with Crippen molar-refractivity contribution < 1.29 is 9.90 Å². The average Bonchev–Trinajstić information content (AvgIpc) is 2.68. The molecule has 1 atom stereocenters. The van der Waals surface area contributed by atoms with Gasteiger partial charge in [0.1, 0.15) is 0 Å². The number of aliphatic hydroxyl groups is 1. The van der Waals surface area contributed by atoms with Crippen LogP contribution in [0.2, 0.25) is 0 Å². The van der Waals surface area contributed by atoms with Crippen LogP contribution < -0.4 is 10.9 Å². The maximum atomic E-state index is 12.9. The van der Waals surface area contributed by atoms with Gasteiger partial charge in [0.25, 0.3) is 5.56 Å². The zero-order chi connectivity index (χ0) is 20.1. The second-order valence-electron chi connectivity index (χ2n) is 6.21. The predicted octanol–water partition coefficient (Wildman–Crippen LogP) is 3.66. The summed E-state index contributed by atoms with van der Waals surface area (Å²) in [6, 6.07) is 14.5. The van der Waals surface area contributed by atoms with E-state index in [-0.39, 0.29) is 18.1 Å². The Balaban J connectivity index is 1.87. The standard InChI is InChI=1S/C20H20BrN3O3S/c1-13(18(26)22-15-7-4-6-14(21)12-15)28-20-23-17-9-3-2-8-16(17)19(27)24(20)10-5-11-25/h2-4,6-9,12-13,25H,5,10-11H2,1H3,(H,22,26). The molecule has 0 saturated heterocycles. The number of aliphatic hydroxyl groups excluding tert-OH is 1. The molecule has 28 heavy (non-hydrogen) atoms. The van der Waals surface area contributed by atoms with Crippen molar-refractivity contribution in [3.05, 3.63) is 63.4 Å². The van der Waals surface area contributed by atoms with Crippen molar-refractivity contribution in [3.8, 4) is 0 Å². The predicted molar refractivity (Wildman–Crippen MR) is 116 cm³/mol. The monoisotopic (exact) mass is 461 g/mol. The van der Waals surface area contributed by atoms with Gasteiger partial charge in [0.05, 0.1) is 16.2 Å². The Hall–Kier alpha value is -2.16. The molecule has 0 saturated carbocycles. The normalized spacial score (nSPS) is 12.1. The molecule has 3 aromatic rings. The number of anilines is 1. The van der Waals surface area contributed by atoms with Crippen LogP contribution in [0.5, 0.6) is 0 Å². The number of carbonyl (C=O) groups excluding carboxylic acids is 1. The molecule has 3 rings (SSSR count). The van der Waals surface area contributed by atoms with Gasteiger partial charge in [0.2, 0.25) is 5.91 Å². The molecule has 0 bridgehead atoms. The van der Waals surface area contributed by atoms with E-state index in [0.29, 0.717) is 34.7 Å². The summed E-state index contributed by atoms with van der Waals surface area (Å²) in [7, 11) is 0. The highest BCUT2D eigenvalue weighted by Gasteiger charge is 2.19. The molecule has 2 aromatic carbocycles. The Kier molecular flexibility index (Phi) is 6.88. The van der Waals surface area contributed by atoms with Crippen LogP contribution in [0.4, 0.5) is 5.69 Å². The minimum Gasteiger partial charge on any atom is -0.396 e. The topological polar surface area (TPSA) is 84.2 Å². The van der Waals surface area contributed by atoms with Gasteiger partial charge in [-0.05, 0) is 43.7 Å². The Morgan fingerprint density at radius 2 is 2.07 bits per heavy atom. The largest absolute Gasteiger partial charge is 0.396 e. The van der Waals surface area contributed by atoms with Gasteiger partial charge in [-0.2, -0.15) is 0 Å². The van der Waals surface area contributed by atoms with E-state index in [0.717, 1.165) is 4.47 Å². The first-order chi connectivity index (χ1) is 13.5. The minimum atomic E-state index is -0.465. The molecule has 6 nitrogen and oxygen atoms in total. The van der Waals surface area contributed by atoms with Crippen LogP contribution in [0.15, 0.2) is 63.0 Å². The summed E-state index contributed by atoms with van der Waals surface area (Å²) in [6.07, 6.45) is 0.437. The number of fused-ring (bicyclic) bond motifs is 1. The highest BCUT2D eigenvalue weighted by molar-refractivity contribution is 9.10. The van der Waals surface area contributed by atoms with E-state index in [2.05, 4.69) is 26.2 Å². The fourth-order valence-electron chi connectivity index (χ4n) is 2.69. The second-order valence-corrected chi connectivity index (χ2v) is 8.43. The van der Waals surface area contributed by atoms with Gasteiger partial charge < -0.3 is 10.4 Å². The first-order valence-corrected chi connectivity index (χ1v) is 10.5. The molecule has 8 heteroatoms. The van der Waals surface area contributed by atoms with Crippen LogP contribution in [-0.4, -0.2) is 32.4 Å². The first kappa shape index (κ1) is 20.6. The number of nitrogens with zero attached hydrogens (tertiary/aromatic N) is 2. The number of para-hydroxylation sites is 1. The van der Waals surface area contributed by atoms with E-state index in [1.165, 1.54) is 16.3 Å². The van der Waals surface area contributed by atoms with Crippen LogP contribution >= 0.6 is 27.7 Å². The molecule has 0 aliphatic rings. The molecule has 1 unspecified atom stereocenters. The van der Waals surface area contributed by atoms with E-state index in [4.69, 9.17) is 5.11 Å². The highest BCUT2D eigenvalue weighted by atomic mass is 79.9. The second kappa shape index (κ2) is 9.36. The zero-order valence-corrected chi connectivity index (χ0v) is 17.7. The molecule has 146 valence electrons. The Morgan fingerprint density at radius 3 is 2.82 bits per heavy atom. The lowest BCUT2D eigenvalue weighted by Crippen LogP contribution is -2.27. The van der Waals surface area contributed by atoms with Gasteiger partial charge in [-0.25, -0.2) is 4.98 Å². The number of halogens is 1. The van der Waals surface area contributed by atoms with Crippen LogP contribution in [0.25, 0.3) is 10.9 Å². The van der Waals surface area contributed by atoms with Gasteiger partial charge in [-0.15, -0.1) is 0 Å². The van der Waals surface area contributed by atoms with Gasteiger partial charge in [0.15, 0.2) is 5.16 Å². The number of thioether (sulfide) groups is 1. The molecule has 1 aromatic heterocycles. The number of amides is 1. The number of benzene rings is 2. The number of nitrogens with one attached hydrogen (secondary N) is 1. The smallest absolute Gasteiger partial charge is 0.262 e. The average molecular weight is 462 g/mol. The molecular weight excluding hydrogens is 442 g/mol. The lowest BCUT2D eigenvalue weighted by Gasteiger charge is -2.16. The van der Waals surface area contributed by atoms with E-state index in [1.54, 1.807) is 25.1 Å². The van der Waals surface area contributed by atoms with E-state index in [9.17, 15) is 9.59 Å². The third-order valence-electron chi connectivity index (χ3n) is 4.11. The molecule has 0 aliphatic heterocycles. The maximum Gasteiger partial charge on any atom is 0.262 e. The van der Waals surface area contributed by atoms with Crippen molar-refractivity contribution in [1.29, 1.82) is 0 Å². The number of hydrogen-bond donors (Lipinski definition) is 2. The first-order valence-electron chi connectivity index (χ1n) is 8.83. The summed E-state index contributed by atoms with van der Waals surface area (Å²) < 4.78 is 2.41. The summed E-state index contributed by atoms with van der Waals surface area (Å²) >= 11 is 4.61. The van der Waals surface area contributed by atoms with Crippen molar-refractivity contribution in [3.63, 3.8) is 0 Å². The van der Waals surface area contributed by atoms with Gasteiger partial charge >= 0.3 is 0 Å². The third kappa shape index (κ3) is 4.81. The summed E-state index contributed by atoms with van der Waals surface area (Å²) in [6.45, 7) is 2.09. The van der Waals surface area contributed by atoms with Crippen LogP contribution in [0.1, 0.15) is 13.3 Å². The number of hydrogen-bond acceptors (Lipinski definition) is 5. The van der Waals surface area contributed by atoms with Gasteiger partial charge in [-0.3, -0.25) is 14.2 Å². The van der Waals surface area contributed by atoms with Crippen molar-refractivity contribution in [1.82, 2.24) is 9.55 Å². The minimum absolute atomic E-state index is 0.0255. The summed E-state index contributed by atoms with van der Waals surface area (Å²) in [5.74, 6) is -0.181. The molecule has 0 fully saturated rings. The van der Waals surface area contributed by atoms with Gasteiger partial charge in [-0.1, -0.05) is 45.9 Å². The van der Waals surface area contributed by atoms with Crippen LogP contribution in [0, 0.1) is 0 Å². The maximum absolute atomic E-state index is 12.9. The molecule has 2 N–H and O–H groups in total. The summed E-state index contributed by atoms with van der Waals surface area (Å²) in [5.41, 5.74) is 1.12. The number of carbonyl (C=O) groups is 1.